The second-order valence-electron chi connectivity index (χ2n) is 2.99. The minimum Gasteiger partial charge on any atom is -0.435 e. The number of nitrogen functional groups attached to an aromatic ring is 1. The number of para-hydroxylation sites is 2. The van der Waals surface area contributed by atoms with E-state index in [0.717, 1.165) is 0 Å². The predicted octanol–water partition coefficient (Wildman–Crippen LogP) is 1.72. The first-order chi connectivity index (χ1) is 7.79. The molecule has 2 aromatic rings. The van der Waals surface area contributed by atoms with Gasteiger partial charge in [0.25, 0.3) is 0 Å². The molecule has 0 fully saturated rings. The average molecular weight is 212 g/mol. The molecule has 0 aliphatic heterocycles. The minimum absolute atomic E-state index is 0.244. The highest BCUT2D eigenvalue weighted by molar-refractivity contribution is 5.52. The summed E-state index contributed by atoms with van der Waals surface area (Å²) in [5.41, 5.74) is 6.46. The van der Waals surface area contributed by atoms with Gasteiger partial charge in [-0.1, -0.05) is 12.1 Å². The highest BCUT2D eigenvalue weighted by atomic mass is 16.5. The third kappa shape index (κ3) is 2.07. The second kappa shape index (κ2) is 4.28. The fourth-order valence-electron chi connectivity index (χ4n) is 1.11. The summed E-state index contributed by atoms with van der Waals surface area (Å²) in [6.07, 6.45) is 2.72. The summed E-state index contributed by atoms with van der Waals surface area (Å²) in [5, 5.41) is 8.55. The molecule has 5 nitrogen and oxygen atoms in total. The zero-order chi connectivity index (χ0) is 11.4. The van der Waals surface area contributed by atoms with E-state index >= 15 is 0 Å². The maximum Gasteiger partial charge on any atom is 0.238 e. The number of ether oxygens (including phenoxy) is 1. The fraction of sp³-hybridized carbons (Fsp3) is 0. The van der Waals surface area contributed by atoms with Gasteiger partial charge in [0.1, 0.15) is 6.07 Å². The van der Waals surface area contributed by atoms with Crippen LogP contribution < -0.4 is 10.5 Å². The lowest BCUT2D eigenvalue weighted by Crippen LogP contribution is -1.94. The summed E-state index contributed by atoms with van der Waals surface area (Å²) >= 11 is 0. The minimum atomic E-state index is 0.244. The topological polar surface area (TPSA) is 84.8 Å². The molecule has 0 aliphatic rings. The van der Waals surface area contributed by atoms with E-state index in [4.69, 9.17) is 15.7 Å². The quantitative estimate of drug-likeness (QED) is 0.766. The van der Waals surface area contributed by atoms with Crippen molar-refractivity contribution >= 4 is 5.69 Å². The van der Waals surface area contributed by atoms with Crippen LogP contribution in [0, 0.1) is 11.3 Å². The van der Waals surface area contributed by atoms with E-state index < -0.39 is 0 Å². The molecule has 0 spiro atoms. The van der Waals surface area contributed by atoms with Gasteiger partial charge < -0.3 is 10.5 Å². The van der Waals surface area contributed by atoms with Crippen LogP contribution in [0.25, 0.3) is 0 Å². The first-order valence-corrected chi connectivity index (χ1v) is 4.54. The molecule has 0 saturated carbocycles. The van der Waals surface area contributed by atoms with Crippen LogP contribution in [0.2, 0.25) is 0 Å². The third-order valence-corrected chi connectivity index (χ3v) is 1.88. The lowest BCUT2D eigenvalue weighted by Gasteiger charge is -2.05. The summed E-state index contributed by atoms with van der Waals surface area (Å²) in [6, 6.07) is 8.96. The summed E-state index contributed by atoms with van der Waals surface area (Å²) in [6.45, 7) is 0. The molecule has 0 bridgehead atoms. The van der Waals surface area contributed by atoms with Crippen LogP contribution in [0.1, 0.15) is 5.69 Å². The van der Waals surface area contributed by atoms with Gasteiger partial charge in [0, 0.05) is 0 Å². The molecule has 0 atom stereocenters. The Kier molecular flexibility index (Phi) is 2.65. The molecule has 2 N–H and O–H groups in total. The Balaban J connectivity index is 2.22. The normalized spacial score (nSPS) is 9.44. The van der Waals surface area contributed by atoms with Crippen molar-refractivity contribution in [3.05, 3.63) is 42.4 Å². The Morgan fingerprint density at radius 3 is 2.62 bits per heavy atom. The maximum absolute atomic E-state index is 8.55. The molecule has 0 amide bonds. The highest BCUT2D eigenvalue weighted by Gasteiger charge is 2.02. The maximum atomic E-state index is 8.55. The van der Waals surface area contributed by atoms with Crippen LogP contribution in [0.5, 0.6) is 11.6 Å². The van der Waals surface area contributed by atoms with E-state index in [-0.39, 0.29) is 5.69 Å². The number of aromatic nitrogens is 2. The van der Waals surface area contributed by atoms with Crippen molar-refractivity contribution in [1.82, 2.24) is 9.97 Å². The fourth-order valence-corrected chi connectivity index (χ4v) is 1.11. The van der Waals surface area contributed by atoms with E-state index in [2.05, 4.69) is 9.97 Å². The summed E-state index contributed by atoms with van der Waals surface area (Å²) in [7, 11) is 0. The number of hydrogen-bond acceptors (Lipinski definition) is 5. The van der Waals surface area contributed by atoms with Gasteiger partial charge in [-0.3, -0.25) is 0 Å². The molecule has 5 heteroatoms. The predicted molar refractivity (Wildman–Crippen MR) is 57.7 cm³/mol. The Morgan fingerprint density at radius 1 is 1.19 bits per heavy atom. The standard InChI is InChI=1S/C11H8N4O/c12-5-8-6-15-11(7-14-8)16-10-4-2-1-3-9(10)13/h1-4,6-7H,13H2. The van der Waals surface area contributed by atoms with Crippen LogP contribution in [0.15, 0.2) is 36.7 Å². The molecule has 0 radical (unpaired) electrons. The number of benzene rings is 1. The summed E-state index contributed by atoms with van der Waals surface area (Å²) in [4.78, 5) is 7.76. The van der Waals surface area contributed by atoms with Crippen molar-refractivity contribution in [2.24, 2.45) is 0 Å². The summed E-state index contributed by atoms with van der Waals surface area (Å²) < 4.78 is 5.40. The van der Waals surface area contributed by atoms with Crippen LogP contribution in [0.3, 0.4) is 0 Å². The van der Waals surface area contributed by atoms with Gasteiger partial charge in [-0.25, -0.2) is 9.97 Å². The monoisotopic (exact) mass is 212 g/mol. The lowest BCUT2D eigenvalue weighted by molar-refractivity contribution is 0.462. The number of rotatable bonds is 2. The van der Waals surface area contributed by atoms with Crippen LogP contribution in [0.4, 0.5) is 5.69 Å². The molecule has 16 heavy (non-hydrogen) atoms. The van der Waals surface area contributed by atoms with Crippen molar-refractivity contribution in [3.8, 4) is 17.7 Å². The number of nitriles is 1. The van der Waals surface area contributed by atoms with Crippen LogP contribution >= 0.6 is 0 Å². The van der Waals surface area contributed by atoms with Gasteiger partial charge in [-0.05, 0) is 12.1 Å². The molecule has 0 aliphatic carbocycles. The smallest absolute Gasteiger partial charge is 0.238 e. The zero-order valence-corrected chi connectivity index (χ0v) is 8.29. The van der Waals surface area contributed by atoms with E-state index in [0.29, 0.717) is 17.3 Å². The Bertz CT molecular complexity index is 530. The molecule has 2 rings (SSSR count). The van der Waals surface area contributed by atoms with Crippen molar-refractivity contribution in [3.63, 3.8) is 0 Å². The van der Waals surface area contributed by atoms with E-state index in [1.54, 1.807) is 12.1 Å². The Hall–Kier alpha value is -2.61. The number of anilines is 1. The molecule has 78 valence electrons. The van der Waals surface area contributed by atoms with Crippen molar-refractivity contribution in [2.45, 2.75) is 0 Å². The first kappa shape index (κ1) is 9.93. The second-order valence-corrected chi connectivity index (χ2v) is 2.99. The van der Waals surface area contributed by atoms with Gasteiger partial charge in [0.2, 0.25) is 5.88 Å². The number of hydrogen-bond donors (Lipinski definition) is 1. The summed E-state index contributed by atoms with van der Waals surface area (Å²) in [5.74, 6) is 0.818. The largest absolute Gasteiger partial charge is 0.435 e. The SMILES string of the molecule is N#Cc1cnc(Oc2ccccc2N)cn1. The van der Waals surface area contributed by atoms with Crippen LogP contribution in [-0.2, 0) is 0 Å². The first-order valence-electron chi connectivity index (χ1n) is 4.54. The Labute approximate surface area is 92.1 Å². The van der Waals surface area contributed by atoms with E-state index in [1.807, 2.05) is 18.2 Å². The van der Waals surface area contributed by atoms with Crippen molar-refractivity contribution in [2.75, 3.05) is 5.73 Å². The molecule has 1 aromatic heterocycles. The zero-order valence-electron chi connectivity index (χ0n) is 8.29. The van der Waals surface area contributed by atoms with Gasteiger partial charge in [0.05, 0.1) is 18.1 Å². The van der Waals surface area contributed by atoms with Crippen molar-refractivity contribution in [1.29, 1.82) is 5.26 Å². The number of nitrogens with zero attached hydrogens (tertiary/aromatic N) is 3. The molecular formula is C11H8N4O. The molecule has 0 unspecified atom stereocenters. The van der Waals surface area contributed by atoms with Crippen LogP contribution in [-0.4, -0.2) is 9.97 Å². The lowest BCUT2D eigenvalue weighted by atomic mass is 10.3. The van der Waals surface area contributed by atoms with Crippen molar-refractivity contribution < 1.29 is 4.74 Å². The molecule has 1 aromatic carbocycles. The molecular weight excluding hydrogens is 204 g/mol. The third-order valence-electron chi connectivity index (χ3n) is 1.88. The van der Waals surface area contributed by atoms with E-state index in [9.17, 15) is 0 Å². The Morgan fingerprint density at radius 2 is 2.00 bits per heavy atom. The van der Waals surface area contributed by atoms with Gasteiger partial charge in [-0.15, -0.1) is 0 Å². The number of nitrogens with two attached hydrogens (primary N) is 1. The molecule has 1 heterocycles. The van der Waals surface area contributed by atoms with E-state index in [1.165, 1.54) is 12.4 Å². The van der Waals surface area contributed by atoms with Gasteiger partial charge >= 0.3 is 0 Å². The highest BCUT2D eigenvalue weighted by Crippen LogP contribution is 2.24. The van der Waals surface area contributed by atoms with Gasteiger partial charge in [-0.2, -0.15) is 5.26 Å². The molecule has 0 saturated heterocycles. The average Bonchev–Trinajstić information content (AvgIpc) is 2.33. The van der Waals surface area contributed by atoms with Gasteiger partial charge in [0.15, 0.2) is 11.4 Å².